The largest absolute Gasteiger partial charge is 0.569 e. The summed E-state index contributed by atoms with van der Waals surface area (Å²) in [5.41, 5.74) is 6.27. The van der Waals surface area contributed by atoms with Crippen molar-refractivity contribution in [3.8, 4) is 16.9 Å². The average Bonchev–Trinajstić information content (AvgIpc) is 3.59. The molecule has 3 aromatic heterocycles. The quantitative estimate of drug-likeness (QED) is 0.0465. The molecule has 3 heterocycles. The van der Waals surface area contributed by atoms with Crippen LogP contribution >= 0.6 is 0 Å². The number of hydrogen-bond acceptors (Lipinski definition) is 6. The van der Waals surface area contributed by atoms with E-state index >= 15 is 0 Å². The van der Waals surface area contributed by atoms with E-state index in [2.05, 4.69) is 50.6 Å². The molecular formula is C41H48B2N4O6+3. The van der Waals surface area contributed by atoms with Gasteiger partial charge in [-0.1, -0.05) is 37.3 Å². The maximum absolute atomic E-state index is 12.4. The highest BCUT2D eigenvalue weighted by Crippen LogP contribution is 2.19. The fourth-order valence-electron chi connectivity index (χ4n) is 6.28. The third kappa shape index (κ3) is 12.5. The molecule has 10 nitrogen and oxygen atoms in total. The lowest BCUT2D eigenvalue weighted by atomic mass is 9.79. The summed E-state index contributed by atoms with van der Waals surface area (Å²) in [4.78, 5) is 24.0. The van der Waals surface area contributed by atoms with E-state index in [1.807, 2.05) is 72.3 Å². The van der Waals surface area contributed by atoms with Crippen molar-refractivity contribution in [3.63, 3.8) is 0 Å². The number of pyridine rings is 2. The number of rotatable bonds is 21. The standard InChI is InChI=1S/C41H48B2N4O6/c1-32(2)41(49)12-5-3-4-10-39(48)11-7-17-46-22-23-47(31-46)30-35-24-34(26-40(27-35)53-42-50)29-45-20-15-37(16-21-45)36-13-18-44(19-14-36)28-33-8-6-9-38(25-33)43(51)52/h6,8-9,13-16,18-27,31,50-52H,1,3-5,7,10-12,17,28-30H2,2H3/q+3. The number of allylic oxidation sites excluding steroid dienone is 1. The van der Waals surface area contributed by atoms with Crippen LogP contribution in [0.5, 0.6) is 5.75 Å². The predicted octanol–water partition coefficient (Wildman–Crippen LogP) is 3.19. The molecule has 5 rings (SSSR count). The van der Waals surface area contributed by atoms with Crippen LogP contribution in [0.15, 0.2) is 122 Å². The zero-order valence-electron chi connectivity index (χ0n) is 30.4. The van der Waals surface area contributed by atoms with Crippen molar-refractivity contribution in [2.45, 2.75) is 78.0 Å². The van der Waals surface area contributed by atoms with Gasteiger partial charge in [-0.2, -0.15) is 0 Å². The third-order valence-corrected chi connectivity index (χ3v) is 9.13. The van der Waals surface area contributed by atoms with Crippen molar-refractivity contribution in [2.24, 2.45) is 0 Å². The van der Waals surface area contributed by atoms with Gasteiger partial charge in [-0.05, 0) is 72.1 Å². The number of carbonyl (C=O) groups is 2. The molecule has 0 atom stereocenters. The molecule has 1 radical (unpaired) electrons. The van der Waals surface area contributed by atoms with Crippen LogP contribution < -0.4 is 23.8 Å². The molecule has 53 heavy (non-hydrogen) atoms. The molecule has 0 spiro atoms. The minimum Gasteiger partial charge on any atom is -0.537 e. The zero-order chi connectivity index (χ0) is 37.6. The maximum Gasteiger partial charge on any atom is 0.569 e. The fraction of sp³-hybridized carbons (Fsp3) is 0.293. The second kappa shape index (κ2) is 19.6. The SMILES string of the molecule is C=C(C)C(=O)CCCCCC(=O)CCCn1cc[n+](Cc2cc(C[n+]3ccc(-c4cc[n+](Cc5cccc(B(O)O)c5)cc4)cc3)cc(O[B]O)c2)c1. The summed E-state index contributed by atoms with van der Waals surface area (Å²) in [5, 5.41) is 28.3. The molecule has 0 unspecified atom stereocenters. The summed E-state index contributed by atoms with van der Waals surface area (Å²) in [6.45, 7) is 8.01. The lowest BCUT2D eigenvalue weighted by molar-refractivity contribution is -0.689. The number of hydrogen-bond donors (Lipinski definition) is 3. The van der Waals surface area contributed by atoms with Gasteiger partial charge in [0, 0.05) is 54.7 Å². The first-order valence-electron chi connectivity index (χ1n) is 18.1. The van der Waals surface area contributed by atoms with Crippen LogP contribution in [0.25, 0.3) is 11.1 Å². The summed E-state index contributed by atoms with van der Waals surface area (Å²) in [6.07, 6.45) is 19.1. The minimum absolute atomic E-state index is 0.106. The Morgan fingerprint density at radius 2 is 1.36 bits per heavy atom. The highest BCUT2D eigenvalue weighted by Gasteiger charge is 2.14. The number of Topliss-reactive ketones (excluding diaryl/α,β-unsaturated/α-hetero) is 2. The maximum atomic E-state index is 12.4. The monoisotopic (exact) mass is 714 g/mol. The molecule has 5 aromatic rings. The van der Waals surface area contributed by atoms with Crippen LogP contribution in [0.2, 0.25) is 0 Å². The Balaban J connectivity index is 1.12. The number of aryl methyl sites for hydroxylation is 1. The summed E-state index contributed by atoms with van der Waals surface area (Å²) < 4.78 is 13.7. The molecule has 0 bridgehead atoms. The van der Waals surface area contributed by atoms with E-state index in [4.69, 9.17) is 4.65 Å². The second-order valence-electron chi connectivity index (χ2n) is 13.6. The smallest absolute Gasteiger partial charge is 0.537 e. The van der Waals surface area contributed by atoms with Crippen LogP contribution in [-0.2, 0) is 35.8 Å². The number of benzene rings is 2. The molecule has 0 aliphatic carbocycles. The molecule has 0 fully saturated rings. The molecular weight excluding hydrogens is 666 g/mol. The number of unbranched alkanes of at least 4 members (excludes halogenated alkanes) is 2. The van der Waals surface area contributed by atoms with Crippen molar-refractivity contribution in [2.75, 3.05) is 0 Å². The first kappa shape index (κ1) is 39.1. The topological polar surface area (TPSA) is 121 Å². The van der Waals surface area contributed by atoms with Crippen LogP contribution in [0.4, 0.5) is 0 Å². The molecule has 12 heteroatoms. The van der Waals surface area contributed by atoms with Crippen molar-refractivity contribution in [1.29, 1.82) is 0 Å². The number of imidazole rings is 1. The Hall–Kier alpha value is -5.16. The Kier molecular flexibility index (Phi) is 14.5. The van der Waals surface area contributed by atoms with Crippen LogP contribution in [0.3, 0.4) is 0 Å². The molecule has 0 aliphatic rings. The average molecular weight is 714 g/mol. The molecule has 0 saturated carbocycles. The third-order valence-electron chi connectivity index (χ3n) is 9.13. The van der Waals surface area contributed by atoms with Gasteiger partial charge in [0.1, 0.15) is 30.5 Å². The van der Waals surface area contributed by atoms with Gasteiger partial charge in [0.2, 0.25) is 6.33 Å². The van der Waals surface area contributed by atoms with Gasteiger partial charge in [-0.15, -0.1) is 0 Å². The number of nitrogens with zero attached hydrogens (tertiary/aromatic N) is 4. The minimum atomic E-state index is -1.49. The van der Waals surface area contributed by atoms with Crippen LogP contribution in [0, 0.1) is 0 Å². The van der Waals surface area contributed by atoms with Gasteiger partial charge in [0.05, 0.1) is 6.54 Å². The Bertz CT molecular complexity index is 1980. The molecule has 3 N–H and O–H groups in total. The van der Waals surface area contributed by atoms with E-state index in [1.54, 1.807) is 19.1 Å². The number of ketones is 2. The second-order valence-corrected chi connectivity index (χ2v) is 13.6. The van der Waals surface area contributed by atoms with Crippen LogP contribution in [-0.4, -0.2) is 46.0 Å². The van der Waals surface area contributed by atoms with Gasteiger partial charge >= 0.3 is 14.8 Å². The summed E-state index contributed by atoms with van der Waals surface area (Å²) in [5.74, 6) is 0.924. The van der Waals surface area contributed by atoms with Crippen molar-refractivity contribution in [3.05, 3.63) is 139 Å². The molecule has 0 amide bonds. The van der Waals surface area contributed by atoms with Gasteiger partial charge in [-0.25, -0.2) is 18.3 Å². The molecule has 0 saturated heterocycles. The summed E-state index contributed by atoms with van der Waals surface area (Å²) >= 11 is 0. The fourth-order valence-corrected chi connectivity index (χ4v) is 6.28. The van der Waals surface area contributed by atoms with E-state index < -0.39 is 7.12 Å². The molecule has 2 aromatic carbocycles. The number of aromatic nitrogens is 4. The predicted molar refractivity (Wildman–Crippen MR) is 203 cm³/mol. The van der Waals surface area contributed by atoms with Crippen LogP contribution in [0.1, 0.15) is 68.6 Å². The first-order chi connectivity index (χ1) is 25.6. The normalized spacial score (nSPS) is 10.9. The van der Waals surface area contributed by atoms with Gasteiger partial charge in [0.25, 0.3) is 0 Å². The molecule has 0 aliphatic heterocycles. The van der Waals surface area contributed by atoms with Crippen molar-refractivity contribution in [1.82, 2.24) is 4.57 Å². The van der Waals surface area contributed by atoms with E-state index in [-0.39, 0.29) is 11.6 Å². The Labute approximate surface area is 312 Å². The highest BCUT2D eigenvalue weighted by atomic mass is 16.5. The number of carbonyl (C=O) groups excluding carboxylic acids is 2. The Morgan fingerprint density at radius 3 is 1.98 bits per heavy atom. The first-order valence-corrected chi connectivity index (χ1v) is 18.1. The molecule has 271 valence electrons. The van der Waals surface area contributed by atoms with E-state index in [9.17, 15) is 24.7 Å². The van der Waals surface area contributed by atoms with Crippen molar-refractivity contribution >= 4 is 31.8 Å². The van der Waals surface area contributed by atoms with E-state index in [0.29, 0.717) is 63.4 Å². The highest BCUT2D eigenvalue weighted by molar-refractivity contribution is 6.58. The lowest BCUT2D eigenvalue weighted by Crippen LogP contribution is -2.35. The van der Waals surface area contributed by atoms with E-state index in [1.165, 1.54) is 0 Å². The zero-order valence-corrected chi connectivity index (χ0v) is 30.4. The summed E-state index contributed by atoms with van der Waals surface area (Å²) in [7, 11) is -0.791. The lowest BCUT2D eigenvalue weighted by Gasteiger charge is -2.08. The van der Waals surface area contributed by atoms with Gasteiger partial charge in [-0.3, -0.25) is 9.59 Å². The Morgan fingerprint density at radius 1 is 0.755 bits per heavy atom. The summed E-state index contributed by atoms with van der Waals surface area (Å²) in [6, 6.07) is 21.5. The van der Waals surface area contributed by atoms with E-state index in [0.717, 1.165) is 60.0 Å². The van der Waals surface area contributed by atoms with Gasteiger partial charge < -0.3 is 19.7 Å². The van der Waals surface area contributed by atoms with Gasteiger partial charge in [0.15, 0.2) is 43.7 Å². The van der Waals surface area contributed by atoms with Crippen molar-refractivity contribution < 1.29 is 43.0 Å².